The van der Waals surface area contributed by atoms with Gasteiger partial charge < -0.3 is 21.7 Å². The lowest BCUT2D eigenvalue weighted by molar-refractivity contribution is -0.0000329. The third kappa shape index (κ3) is 6.41. The van der Waals surface area contributed by atoms with Crippen molar-refractivity contribution < 1.29 is 26.5 Å². The molecular weight excluding hydrogens is 531 g/mol. The minimum Gasteiger partial charge on any atom is -1.00 e. The summed E-state index contributed by atoms with van der Waals surface area (Å²) in [5.74, 6) is 0. The molecule has 4 aromatic carbocycles. The van der Waals surface area contributed by atoms with Gasteiger partial charge in [-0.1, -0.05) is 89.7 Å². The topological polar surface area (TPSA) is 41.6 Å². The summed E-state index contributed by atoms with van der Waals surface area (Å²) in [6.07, 6.45) is -0.472. The van der Waals surface area contributed by atoms with Gasteiger partial charge in [0.2, 0.25) is 7.41 Å². The van der Waals surface area contributed by atoms with Gasteiger partial charge in [0.15, 0.2) is 0 Å². The van der Waals surface area contributed by atoms with Gasteiger partial charge in [-0.2, -0.15) is 0 Å². The number of nitrogens with one attached hydrogen (secondary N) is 1. The summed E-state index contributed by atoms with van der Waals surface area (Å²) in [6, 6.07) is 41.6. The van der Waals surface area contributed by atoms with Crippen LogP contribution in [0, 0.1) is 0 Å². The molecule has 0 unspecified atom stereocenters. The molecule has 0 saturated carbocycles. The van der Waals surface area contributed by atoms with E-state index in [4.69, 9.17) is 4.74 Å². The number of hydrogen-bond donors (Lipinski definition) is 1. The summed E-state index contributed by atoms with van der Waals surface area (Å²) in [5.41, 5.74) is 3.66. The van der Waals surface area contributed by atoms with Crippen molar-refractivity contribution in [3.05, 3.63) is 127 Å². The van der Waals surface area contributed by atoms with Crippen LogP contribution in [0.15, 0.2) is 121 Å². The molecule has 4 rings (SSSR count). The van der Waals surface area contributed by atoms with Gasteiger partial charge in [-0.3, -0.25) is 0 Å². The van der Waals surface area contributed by atoms with E-state index in [0.29, 0.717) is 6.54 Å². The zero-order valence-electron chi connectivity index (χ0n) is 20.8. The lowest BCUT2D eigenvalue weighted by atomic mass is 10.2. The summed E-state index contributed by atoms with van der Waals surface area (Å²) in [5, 5.41) is 3.43. The number of carbonyl (C=O) groups excluding carboxylic acids is 1. The molecule has 0 aromatic heterocycles. The average Bonchev–Trinajstić information content (AvgIpc) is 2.86. The predicted octanol–water partition coefficient (Wildman–Crippen LogP) is 2.84. The van der Waals surface area contributed by atoms with Crippen LogP contribution in [0.3, 0.4) is 0 Å². The fourth-order valence-electron chi connectivity index (χ4n) is 4.18. The number of hydrazine groups is 1. The summed E-state index contributed by atoms with van der Waals surface area (Å²) in [7, 11) is -2.53. The Labute approximate surface area is 225 Å². The second kappa shape index (κ2) is 12.3. The molecule has 0 saturated heterocycles. The maximum Gasteiger partial charge on any atom is 0.425 e. The van der Waals surface area contributed by atoms with Crippen LogP contribution in [0.4, 0.5) is 4.79 Å². The van der Waals surface area contributed by atoms with E-state index in [1.54, 1.807) is 0 Å². The molecule has 0 atom stereocenters. The number of rotatable bonds is 7. The van der Waals surface area contributed by atoms with Crippen molar-refractivity contribution in [2.75, 3.05) is 0 Å². The van der Waals surface area contributed by atoms with E-state index in [9.17, 15) is 4.79 Å². The number of ether oxygens (including phenoxy) is 1. The zero-order chi connectivity index (χ0) is 24.7. The molecule has 186 valence electrons. The Kier molecular flexibility index (Phi) is 9.44. The van der Waals surface area contributed by atoms with Gasteiger partial charge in [-0.25, -0.2) is 10.2 Å². The predicted molar refractivity (Wildman–Crippen MR) is 147 cm³/mol. The van der Waals surface area contributed by atoms with Crippen LogP contribution >= 0.6 is 7.41 Å². The van der Waals surface area contributed by atoms with Crippen molar-refractivity contribution >= 4 is 29.4 Å². The van der Waals surface area contributed by atoms with Crippen molar-refractivity contribution in [1.82, 2.24) is 10.2 Å². The summed E-state index contributed by atoms with van der Waals surface area (Å²) in [4.78, 5) is 13.2. The number of hydrogen-bond acceptors (Lipinski definition) is 3. The standard InChI is InChI=1S/C30H31N2O2P.BrH/c1-30(2,3)34-29(33)31-32(24-25-16-8-4-9-17-25)35(26-18-10-5-11-19-26,27-20-12-6-13-21-27)28-22-14-7-15-23-28;/h4-23H,24H2,1-3H3;1H. The largest absolute Gasteiger partial charge is 1.00 e. The van der Waals surface area contributed by atoms with Crippen LogP contribution in [0.1, 0.15) is 26.3 Å². The van der Waals surface area contributed by atoms with Gasteiger partial charge >= 0.3 is 6.09 Å². The van der Waals surface area contributed by atoms with E-state index in [1.165, 1.54) is 0 Å². The Morgan fingerprint density at radius 1 is 0.694 bits per heavy atom. The second-order valence-corrected chi connectivity index (χ2v) is 12.6. The first kappa shape index (κ1) is 27.6. The summed E-state index contributed by atoms with van der Waals surface area (Å²) >= 11 is 0. The highest BCUT2D eigenvalue weighted by molar-refractivity contribution is 7.93. The van der Waals surface area contributed by atoms with Crippen molar-refractivity contribution in [3.63, 3.8) is 0 Å². The maximum absolute atomic E-state index is 13.2. The minimum absolute atomic E-state index is 0. The molecule has 0 spiro atoms. The van der Waals surface area contributed by atoms with E-state index in [1.807, 2.05) is 57.2 Å². The molecule has 6 heteroatoms. The highest BCUT2D eigenvalue weighted by Gasteiger charge is 2.53. The van der Waals surface area contributed by atoms with E-state index in [0.717, 1.165) is 21.5 Å². The molecule has 0 radical (unpaired) electrons. The van der Waals surface area contributed by atoms with E-state index >= 15 is 0 Å². The van der Waals surface area contributed by atoms with Gasteiger partial charge in [0, 0.05) is 0 Å². The first-order chi connectivity index (χ1) is 16.9. The Morgan fingerprint density at radius 2 is 1.06 bits per heavy atom. The van der Waals surface area contributed by atoms with Gasteiger partial charge in [0.1, 0.15) is 21.5 Å². The molecule has 4 aromatic rings. The Balaban J connectivity index is 0.00000361. The van der Waals surface area contributed by atoms with E-state index in [-0.39, 0.29) is 17.0 Å². The quantitative estimate of drug-likeness (QED) is 0.278. The molecule has 36 heavy (non-hydrogen) atoms. The van der Waals surface area contributed by atoms with Crippen LogP contribution in [0.5, 0.6) is 0 Å². The van der Waals surface area contributed by atoms with Crippen LogP contribution in [0.2, 0.25) is 0 Å². The molecule has 1 amide bonds. The fraction of sp³-hybridized carbons (Fsp3) is 0.167. The van der Waals surface area contributed by atoms with Crippen molar-refractivity contribution in [2.24, 2.45) is 0 Å². The van der Waals surface area contributed by atoms with Crippen LogP contribution in [-0.2, 0) is 11.3 Å². The zero-order valence-corrected chi connectivity index (χ0v) is 23.3. The number of benzene rings is 4. The highest BCUT2D eigenvalue weighted by Crippen LogP contribution is 2.58. The number of carbonyl (C=O) groups is 1. The molecule has 0 heterocycles. The van der Waals surface area contributed by atoms with Gasteiger partial charge in [0.25, 0.3) is 0 Å². The SMILES string of the molecule is CC(C)(C)OC(=O)NN(Cc1ccccc1)[P+](c1ccccc1)(c1ccccc1)c1ccccc1.[Br-]. The van der Waals surface area contributed by atoms with Gasteiger partial charge in [-0.05, 0) is 62.7 Å². The lowest BCUT2D eigenvalue weighted by Crippen LogP contribution is -3.00. The molecule has 4 nitrogen and oxygen atoms in total. The highest BCUT2D eigenvalue weighted by atomic mass is 79.9. The second-order valence-electron chi connectivity index (χ2n) is 9.30. The maximum atomic E-state index is 13.2. The molecule has 1 N–H and O–H groups in total. The molecular formula is C30H32BrN2O2P. The summed E-state index contributed by atoms with van der Waals surface area (Å²) in [6.45, 7) is 6.14. The van der Waals surface area contributed by atoms with E-state index in [2.05, 4.69) is 95.1 Å². The number of nitrogens with zero attached hydrogens (tertiary/aromatic N) is 1. The first-order valence-electron chi connectivity index (χ1n) is 11.8. The summed E-state index contributed by atoms with van der Waals surface area (Å²) < 4.78 is 7.84. The van der Waals surface area contributed by atoms with Crippen molar-refractivity contribution in [3.8, 4) is 0 Å². The third-order valence-corrected chi connectivity index (χ3v) is 9.65. The van der Waals surface area contributed by atoms with Crippen molar-refractivity contribution in [2.45, 2.75) is 32.9 Å². The minimum atomic E-state index is -2.53. The van der Waals surface area contributed by atoms with Crippen LogP contribution in [-0.4, -0.2) is 16.5 Å². The van der Waals surface area contributed by atoms with Gasteiger partial charge in [-0.15, -0.1) is 0 Å². The normalized spacial score (nSPS) is 11.4. The molecule has 0 bridgehead atoms. The molecule has 0 fully saturated rings. The van der Waals surface area contributed by atoms with Gasteiger partial charge in [0.05, 0.1) is 6.54 Å². The number of halogens is 1. The molecule has 0 aliphatic carbocycles. The third-order valence-electron chi connectivity index (χ3n) is 5.55. The fourth-order valence-corrected chi connectivity index (χ4v) is 8.33. The van der Waals surface area contributed by atoms with Crippen LogP contribution < -0.4 is 38.3 Å². The first-order valence-corrected chi connectivity index (χ1v) is 13.5. The molecule has 0 aliphatic rings. The lowest BCUT2D eigenvalue weighted by Gasteiger charge is -2.36. The van der Waals surface area contributed by atoms with Crippen molar-refractivity contribution in [1.29, 1.82) is 0 Å². The monoisotopic (exact) mass is 562 g/mol. The Morgan fingerprint density at radius 3 is 1.42 bits per heavy atom. The smallest absolute Gasteiger partial charge is 0.425 e. The number of amides is 1. The Bertz CT molecular complexity index is 1120. The Hall–Kier alpha value is -2.98. The molecule has 0 aliphatic heterocycles. The average molecular weight is 563 g/mol. The van der Waals surface area contributed by atoms with E-state index < -0.39 is 19.1 Å². The van der Waals surface area contributed by atoms with Crippen LogP contribution in [0.25, 0.3) is 0 Å².